The van der Waals surface area contributed by atoms with Gasteiger partial charge < -0.3 is 5.32 Å². The first-order valence-corrected chi connectivity index (χ1v) is 15.2. The lowest BCUT2D eigenvalue weighted by atomic mass is 10.1. The summed E-state index contributed by atoms with van der Waals surface area (Å²) in [5, 5.41) is 3.64. The summed E-state index contributed by atoms with van der Waals surface area (Å²) in [5.41, 5.74) is 0. The van der Waals surface area contributed by atoms with Crippen LogP contribution in [0.3, 0.4) is 0 Å². The van der Waals surface area contributed by atoms with Crippen molar-refractivity contribution < 1.29 is 13.0 Å². The minimum Gasteiger partial charge on any atom is -0.317 e. The predicted molar refractivity (Wildman–Crippen MR) is 139 cm³/mol. The van der Waals surface area contributed by atoms with Crippen molar-refractivity contribution in [2.24, 2.45) is 0 Å². The molecule has 31 heavy (non-hydrogen) atoms. The Labute approximate surface area is 196 Å². The van der Waals surface area contributed by atoms with Crippen LogP contribution in [-0.2, 0) is 10.1 Å². The number of hydrogen-bond donors (Lipinski definition) is 2. The first-order valence-electron chi connectivity index (χ1n) is 13.6. The van der Waals surface area contributed by atoms with E-state index >= 15 is 0 Å². The number of nitrogens with one attached hydrogen (secondary N) is 1. The Morgan fingerprint density at radius 2 is 0.710 bits per heavy atom. The molecule has 0 amide bonds. The van der Waals surface area contributed by atoms with Gasteiger partial charge in [0.25, 0.3) is 10.1 Å². The van der Waals surface area contributed by atoms with Crippen molar-refractivity contribution in [1.82, 2.24) is 5.32 Å². The quantitative estimate of drug-likeness (QED) is 0.118. The number of unbranched alkanes of at least 4 members (excludes halogenated alkanes) is 18. The Morgan fingerprint density at radius 3 is 0.935 bits per heavy atom. The fourth-order valence-corrected chi connectivity index (χ4v) is 3.60. The van der Waals surface area contributed by atoms with Crippen LogP contribution in [0.15, 0.2) is 0 Å². The maximum atomic E-state index is 9.56. The van der Waals surface area contributed by atoms with Crippen molar-refractivity contribution in [3.05, 3.63) is 0 Å². The molecule has 0 aromatic heterocycles. The molecule has 0 bridgehead atoms. The Kier molecular flexibility index (Phi) is 29.7. The molecule has 0 radical (unpaired) electrons. The van der Waals surface area contributed by atoms with Crippen molar-refractivity contribution in [3.8, 4) is 0 Å². The average Bonchev–Trinajstić information content (AvgIpc) is 2.75. The van der Waals surface area contributed by atoms with Gasteiger partial charge in [-0.1, -0.05) is 129 Å². The zero-order chi connectivity index (χ0) is 23.5. The second kappa shape index (κ2) is 27.9. The summed E-state index contributed by atoms with van der Waals surface area (Å²) in [6, 6.07) is 0. The van der Waals surface area contributed by atoms with Crippen LogP contribution in [0.5, 0.6) is 0 Å². The first-order chi connectivity index (χ1) is 15.0. The van der Waals surface area contributed by atoms with Gasteiger partial charge in [-0.15, -0.1) is 0 Å². The zero-order valence-electron chi connectivity index (χ0n) is 21.4. The van der Waals surface area contributed by atoms with E-state index in [0.29, 0.717) is 0 Å². The molecular weight excluding hydrogens is 406 g/mol. The summed E-state index contributed by atoms with van der Waals surface area (Å²) in [6.07, 6.45) is 28.8. The number of hydrogen-bond acceptors (Lipinski definition) is 3. The maximum Gasteiger partial charge on any atom is 0.264 e. The van der Waals surface area contributed by atoms with Crippen LogP contribution >= 0.6 is 0 Å². The molecule has 4 nitrogen and oxygen atoms in total. The van der Waals surface area contributed by atoms with E-state index in [1.165, 1.54) is 148 Å². The van der Waals surface area contributed by atoms with E-state index < -0.39 is 10.1 Å². The van der Waals surface area contributed by atoms with Crippen molar-refractivity contribution in [1.29, 1.82) is 0 Å². The molecule has 0 aliphatic rings. The van der Waals surface area contributed by atoms with E-state index in [4.69, 9.17) is 4.55 Å². The van der Waals surface area contributed by atoms with Gasteiger partial charge in [-0.25, -0.2) is 0 Å². The smallest absolute Gasteiger partial charge is 0.264 e. The topological polar surface area (TPSA) is 66.4 Å². The van der Waals surface area contributed by atoms with E-state index in [0.717, 1.165) is 0 Å². The summed E-state index contributed by atoms with van der Waals surface area (Å²) in [7, 11) is -3.66. The summed E-state index contributed by atoms with van der Waals surface area (Å²) in [6.45, 7) is 8.45. The monoisotopic (exact) mass is 463 g/mol. The highest BCUT2D eigenvalue weighted by atomic mass is 32.2. The second-order valence-corrected chi connectivity index (χ2v) is 10.7. The molecule has 0 aromatic rings. The standard InChI is InChI=1S/C24H51N.C2H6O3S/c1-3-5-7-9-11-13-15-17-19-21-23-25-24-22-20-18-16-14-12-10-8-6-4-2;1-2-6(3,4)5/h25H,3-24H2,1-2H3;2H2,1H3,(H,3,4,5). The minimum absolute atomic E-state index is 0.201. The Hall–Kier alpha value is -0.130. The van der Waals surface area contributed by atoms with Crippen molar-refractivity contribution >= 4 is 10.1 Å². The fourth-order valence-electron chi connectivity index (χ4n) is 3.60. The third kappa shape index (κ3) is 37.5. The Morgan fingerprint density at radius 1 is 0.484 bits per heavy atom. The SMILES string of the molecule is CCCCCCCCCCCCNCCCCCCCCCCCC.CCS(=O)(=O)O. The molecular formula is C26H57NO3S. The molecule has 190 valence electrons. The highest BCUT2D eigenvalue weighted by molar-refractivity contribution is 7.85. The number of rotatable bonds is 23. The molecule has 2 N–H and O–H groups in total. The van der Waals surface area contributed by atoms with Gasteiger partial charge in [-0.05, 0) is 32.9 Å². The third-order valence-corrected chi connectivity index (χ3v) is 6.51. The van der Waals surface area contributed by atoms with Crippen LogP contribution < -0.4 is 5.32 Å². The van der Waals surface area contributed by atoms with E-state index in [1.807, 2.05) is 0 Å². The maximum absolute atomic E-state index is 9.56. The molecule has 0 fully saturated rings. The summed E-state index contributed by atoms with van der Waals surface area (Å²) >= 11 is 0. The average molecular weight is 464 g/mol. The molecule has 0 aliphatic carbocycles. The van der Waals surface area contributed by atoms with E-state index in [9.17, 15) is 8.42 Å². The molecule has 5 heteroatoms. The van der Waals surface area contributed by atoms with Crippen LogP contribution in [0.2, 0.25) is 0 Å². The fraction of sp³-hybridized carbons (Fsp3) is 1.00. The molecule has 0 spiro atoms. The summed E-state index contributed by atoms with van der Waals surface area (Å²) in [5.74, 6) is -0.201. The van der Waals surface area contributed by atoms with Crippen LogP contribution in [-0.4, -0.2) is 31.8 Å². The van der Waals surface area contributed by atoms with Gasteiger partial charge in [-0.3, -0.25) is 4.55 Å². The molecule has 0 rings (SSSR count). The minimum atomic E-state index is -3.66. The van der Waals surface area contributed by atoms with Gasteiger partial charge in [0.05, 0.1) is 5.75 Å². The zero-order valence-corrected chi connectivity index (χ0v) is 22.3. The highest BCUT2D eigenvalue weighted by Crippen LogP contribution is 2.11. The normalized spacial score (nSPS) is 11.4. The molecule has 0 aromatic carbocycles. The Balaban J connectivity index is 0. The van der Waals surface area contributed by atoms with Gasteiger partial charge >= 0.3 is 0 Å². The summed E-state index contributed by atoms with van der Waals surface area (Å²) < 4.78 is 26.9. The van der Waals surface area contributed by atoms with Crippen molar-refractivity contribution in [2.75, 3.05) is 18.8 Å². The largest absolute Gasteiger partial charge is 0.317 e. The van der Waals surface area contributed by atoms with Gasteiger partial charge in [0, 0.05) is 0 Å². The van der Waals surface area contributed by atoms with Crippen LogP contribution in [0, 0.1) is 0 Å². The van der Waals surface area contributed by atoms with Crippen molar-refractivity contribution in [2.45, 2.75) is 149 Å². The molecule has 0 heterocycles. The first kappa shape index (κ1) is 33.0. The lowest BCUT2D eigenvalue weighted by Crippen LogP contribution is -2.16. The second-order valence-electron chi connectivity index (χ2n) is 8.98. The molecule has 0 unspecified atom stereocenters. The molecule has 0 atom stereocenters. The van der Waals surface area contributed by atoms with Gasteiger partial charge in [-0.2, -0.15) is 8.42 Å². The van der Waals surface area contributed by atoms with Gasteiger partial charge in [0.2, 0.25) is 0 Å². The Bertz CT molecular complexity index is 391. The van der Waals surface area contributed by atoms with E-state index in [2.05, 4.69) is 19.2 Å². The predicted octanol–water partition coefficient (Wildman–Crippen LogP) is 8.31. The lowest BCUT2D eigenvalue weighted by Gasteiger charge is -2.05. The molecule has 0 aliphatic heterocycles. The van der Waals surface area contributed by atoms with Gasteiger partial charge in [0.15, 0.2) is 0 Å². The summed E-state index contributed by atoms with van der Waals surface area (Å²) in [4.78, 5) is 0. The molecule has 0 saturated heterocycles. The lowest BCUT2D eigenvalue weighted by molar-refractivity contribution is 0.484. The highest BCUT2D eigenvalue weighted by Gasteiger charge is 1.95. The van der Waals surface area contributed by atoms with E-state index in [-0.39, 0.29) is 5.75 Å². The molecule has 0 saturated carbocycles. The van der Waals surface area contributed by atoms with Gasteiger partial charge in [0.1, 0.15) is 0 Å². The van der Waals surface area contributed by atoms with Crippen LogP contribution in [0.1, 0.15) is 149 Å². The van der Waals surface area contributed by atoms with Crippen molar-refractivity contribution in [3.63, 3.8) is 0 Å². The van der Waals surface area contributed by atoms with E-state index in [1.54, 1.807) is 0 Å². The third-order valence-electron chi connectivity index (χ3n) is 5.78. The van der Waals surface area contributed by atoms with Crippen LogP contribution in [0.25, 0.3) is 0 Å². The van der Waals surface area contributed by atoms with Crippen LogP contribution in [0.4, 0.5) is 0 Å².